The van der Waals surface area contributed by atoms with Gasteiger partial charge in [-0.25, -0.2) is 0 Å². The summed E-state index contributed by atoms with van der Waals surface area (Å²) in [6.45, 7) is 0. The summed E-state index contributed by atoms with van der Waals surface area (Å²) < 4.78 is 0. The SMILES string of the molecule is c1cc(CC2CCCCC2)cs1. The summed E-state index contributed by atoms with van der Waals surface area (Å²) in [7, 11) is 0. The lowest BCUT2D eigenvalue weighted by atomic mass is 9.85. The van der Waals surface area contributed by atoms with E-state index in [1.54, 1.807) is 5.56 Å². The van der Waals surface area contributed by atoms with Crippen LogP contribution in [0.5, 0.6) is 0 Å². The average molecular weight is 180 g/mol. The fraction of sp³-hybridized carbons (Fsp3) is 0.636. The van der Waals surface area contributed by atoms with Crippen LogP contribution in [-0.4, -0.2) is 0 Å². The molecule has 1 aliphatic rings. The van der Waals surface area contributed by atoms with Gasteiger partial charge in [0.05, 0.1) is 0 Å². The van der Waals surface area contributed by atoms with Gasteiger partial charge < -0.3 is 0 Å². The second kappa shape index (κ2) is 4.08. The molecular weight excluding hydrogens is 164 g/mol. The van der Waals surface area contributed by atoms with Crippen LogP contribution >= 0.6 is 11.3 Å². The lowest BCUT2D eigenvalue weighted by molar-refractivity contribution is 0.357. The van der Waals surface area contributed by atoms with E-state index in [0.717, 1.165) is 5.92 Å². The van der Waals surface area contributed by atoms with Gasteiger partial charge in [0.2, 0.25) is 0 Å². The van der Waals surface area contributed by atoms with Gasteiger partial charge in [-0.1, -0.05) is 32.1 Å². The van der Waals surface area contributed by atoms with Crippen LogP contribution in [0.3, 0.4) is 0 Å². The molecule has 1 saturated carbocycles. The summed E-state index contributed by atoms with van der Waals surface area (Å²) in [5, 5.41) is 4.49. The first-order valence-corrected chi connectivity index (χ1v) is 5.90. The van der Waals surface area contributed by atoms with Crippen molar-refractivity contribution in [3.63, 3.8) is 0 Å². The minimum atomic E-state index is 0.994. The van der Waals surface area contributed by atoms with Crippen LogP contribution in [0.4, 0.5) is 0 Å². The summed E-state index contributed by atoms with van der Waals surface area (Å²) in [5.74, 6) is 0.994. The second-order valence-electron chi connectivity index (χ2n) is 3.84. The monoisotopic (exact) mass is 180 g/mol. The Balaban J connectivity index is 1.86. The Morgan fingerprint density at radius 2 is 2.08 bits per heavy atom. The highest BCUT2D eigenvalue weighted by molar-refractivity contribution is 7.07. The summed E-state index contributed by atoms with van der Waals surface area (Å²) in [6, 6.07) is 2.28. The predicted molar refractivity (Wildman–Crippen MR) is 54.6 cm³/mol. The van der Waals surface area contributed by atoms with Gasteiger partial charge in [-0.15, -0.1) is 0 Å². The van der Waals surface area contributed by atoms with Gasteiger partial charge in [-0.05, 0) is 34.7 Å². The van der Waals surface area contributed by atoms with E-state index in [9.17, 15) is 0 Å². The van der Waals surface area contributed by atoms with E-state index in [1.807, 2.05) is 11.3 Å². The lowest BCUT2D eigenvalue weighted by Crippen LogP contribution is -2.08. The molecule has 1 fully saturated rings. The molecule has 1 aliphatic carbocycles. The Hall–Kier alpha value is -0.300. The molecule has 0 nitrogen and oxygen atoms in total. The molecule has 0 aliphatic heterocycles. The average Bonchev–Trinajstić information content (AvgIpc) is 2.59. The van der Waals surface area contributed by atoms with Crippen molar-refractivity contribution in [3.8, 4) is 0 Å². The molecule has 12 heavy (non-hydrogen) atoms. The van der Waals surface area contributed by atoms with Crippen LogP contribution < -0.4 is 0 Å². The Bertz CT molecular complexity index is 207. The molecule has 2 rings (SSSR count). The Morgan fingerprint density at radius 1 is 1.25 bits per heavy atom. The predicted octanol–water partition coefficient (Wildman–Crippen LogP) is 3.87. The van der Waals surface area contributed by atoms with E-state index in [2.05, 4.69) is 16.8 Å². The van der Waals surface area contributed by atoms with Crippen LogP contribution in [0.25, 0.3) is 0 Å². The van der Waals surface area contributed by atoms with E-state index in [-0.39, 0.29) is 0 Å². The first-order chi connectivity index (χ1) is 5.95. The van der Waals surface area contributed by atoms with Gasteiger partial charge in [0.15, 0.2) is 0 Å². The van der Waals surface area contributed by atoms with Gasteiger partial charge in [0.1, 0.15) is 0 Å². The zero-order valence-corrected chi connectivity index (χ0v) is 8.28. The van der Waals surface area contributed by atoms with E-state index in [4.69, 9.17) is 0 Å². The van der Waals surface area contributed by atoms with E-state index < -0.39 is 0 Å². The van der Waals surface area contributed by atoms with Gasteiger partial charge in [-0.3, -0.25) is 0 Å². The highest BCUT2D eigenvalue weighted by Gasteiger charge is 2.13. The van der Waals surface area contributed by atoms with E-state index in [1.165, 1.54) is 38.5 Å². The molecule has 0 aromatic carbocycles. The Kier molecular flexibility index (Phi) is 2.83. The minimum Gasteiger partial charge on any atom is -0.152 e. The maximum atomic E-state index is 2.30. The highest BCUT2D eigenvalue weighted by atomic mass is 32.1. The third-order valence-electron chi connectivity index (χ3n) is 2.83. The van der Waals surface area contributed by atoms with Crippen LogP contribution in [0, 0.1) is 5.92 Å². The molecule has 0 spiro atoms. The number of thiophene rings is 1. The van der Waals surface area contributed by atoms with Crippen molar-refractivity contribution >= 4 is 11.3 Å². The third-order valence-corrected chi connectivity index (χ3v) is 3.56. The van der Waals surface area contributed by atoms with Crippen LogP contribution in [-0.2, 0) is 6.42 Å². The zero-order valence-electron chi connectivity index (χ0n) is 7.46. The summed E-state index contributed by atoms with van der Waals surface area (Å²) in [5.41, 5.74) is 1.56. The molecule has 0 saturated heterocycles. The first-order valence-electron chi connectivity index (χ1n) is 4.96. The number of rotatable bonds is 2. The van der Waals surface area contributed by atoms with Crippen molar-refractivity contribution in [1.82, 2.24) is 0 Å². The Morgan fingerprint density at radius 3 is 2.75 bits per heavy atom. The maximum absolute atomic E-state index is 2.30. The topological polar surface area (TPSA) is 0 Å². The lowest BCUT2D eigenvalue weighted by Gasteiger charge is -2.20. The van der Waals surface area contributed by atoms with Gasteiger partial charge in [0.25, 0.3) is 0 Å². The van der Waals surface area contributed by atoms with Crippen molar-refractivity contribution in [1.29, 1.82) is 0 Å². The molecule has 0 N–H and O–H groups in total. The number of hydrogen-bond acceptors (Lipinski definition) is 1. The molecule has 0 amide bonds. The van der Waals surface area contributed by atoms with Crippen molar-refractivity contribution < 1.29 is 0 Å². The van der Waals surface area contributed by atoms with Crippen molar-refractivity contribution in [2.75, 3.05) is 0 Å². The van der Waals surface area contributed by atoms with Crippen molar-refractivity contribution in [2.45, 2.75) is 38.5 Å². The smallest absolute Gasteiger partial charge is 0.00612 e. The molecule has 1 aromatic rings. The highest BCUT2D eigenvalue weighted by Crippen LogP contribution is 2.27. The van der Waals surface area contributed by atoms with Crippen LogP contribution in [0.1, 0.15) is 37.7 Å². The van der Waals surface area contributed by atoms with Crippen molar-refractivity contribution in [2.24, 2.45) is 5.92 Å². The normalized spacial score (nSPS) is 19.7. The summed E-state index contributed by atoms with van der Waals surface area (Å²) in [6.07, 6.45) is 8.68. The van der Waals surface area contributed by atoms with Crippen LogP contribution in [0.15, 0.2) is 16.8 Å². The third kappa shape index (κ3) is 2.10. The molecule has 1 heterocycles. The summed E-state index contributed by atoms with van der Waals surface area (Å²) in [4.78, 5) is 0. The molecule has 66 valence electrons. The molecule has 0 atom stereocenters. The fourth-order valence-electron chi connectivity index (χ4n) is 2.13. The Labute approximate surface area is 78.6 Å². The van der Waals surface area contributed by atoms with Gasteiger partial charge in [0, 0.05) is 0 Å². The molecule has 0 unspecified atom stereocenters. The van der Waals surface area contributed by atoms with Crippen molar-refractivity contribution in [3.05, 3.63) is 22.4 Å². The molecule has 0 bridgehead atoms. The van der Waals surface area contributed by atoms with Gasteiger partial charge >= 0.3 is 0 Å². The van der Waals surface area contributed by atoms with Crippen LogP contribution in [0.2, 0.25) is 0 Å². The quantitative estimate of drug-likeness (QED) is 0.648. The molecule has 0 radical (unpaired) electrons. The standard InChI is InChI=1S/C11H16S/c1-2-4-10(5-3-1)8-11-6-7-12-9-11/h6-7,9-10H,1-5,8H2. The van der Waals surface area contributed by atoms with E-state index in [0.29, 0.717) is 0 Å². The molecule has 1 aromatic heterocycles. The second-order valence-corrected chi connectivity index (χ2v) is 4.62. The molecular formula is C11H16S. The number of hydrogen-bond donors (Lipinski definition) is 0. The zero-order chi connectivity index (χ0) is 8.23. The fourth-order valence-corrected chi connectivity index (χ4v) is 2.81. The first kappa shape index (κ1) is 8.31. The summed E-state index contributed by atoms with van der Waals surface area (Å²) >= 11 is 1.83. The largest absolute Gasteiger partial charge is 0.152 e. The van der Waals surface area contributed by atoms with Gasteiger partial charge in [-0.2, -0.15) is 11.3 Å². The maximum Gasteiger partial charge on any atom is -0.00612 e. The molecule has 1 heteroatoms. The van der Waals surface area contributed by atoms with E-state index >= 15 is 0 Å². The minimum absolute atomic E-state index is 0.994.